The monoisotopic (exact) mass is 629 g/mol. The van der Waals surface area contributed by atoms with Crippen LogP contribution in [-0.2, 0) is 20.7 Å². The molecule has 3 aromatic rings. The Labute approximate surface area is 232 Å². The fourth-order valence-corrected chi connectivity index (χ4v) is 5.68. The minimum atomic E-state index is -0.459. The van der Waals surface area contributed by atoms with Crippen molar-refractivity contribution >= 4 is 53.6 Å². The van der Waals surface area contributed by atoms with Crippen LogP contribution in [0, 0.1) is 3.57 Å². The lowest BCUT2D eigenvalue weighted by Crippen LogP contribution is -2.38. The van der Waals surface area contributed by atoms with E-state index in [4.69, 9.17) is 14.2 Å². The number of morpholine rings is 1. The highest BCUT2D eigenvalue weighted by Gasteiger charge is 2.28. The highest BCUT2D eigenvalue weighted by molar-refractivity contribution is 14.2. The van der Waals surface area contributed by atoms with E-state index in [1.54, 1.807) is 18.0 Å². The van der Waals surface area contributed by atoms with Crippen molar-refractivity contribution in [3.05, 3.63) is 69.1 Å². The maximum absolute atomic E-state index is 13.4. The molecular formula is C29H32IN3O5. The number of nitrogens with zero attached hydrogens (tertiary/aromatic N) is 2. The third-order valence-corrected chi connectivity index (χ3v) is 8.42. The van der Waals surface area contributed by atoms with E-state index in [-0.39, 0.29) is 33.2 Å². The van der Waals surface area contributed by atoms with E-state index in [1.165, 1.54) is 3.57 Å². The zero-order valence-corrected chi connectivity index (χ0v) is 23.7. The van der Waals surface area contributed by atoms with Crippen molar-refractivity contribution in [2.75, 3.05) is 52.6 Å². The summed E-state index contributed by atoms with van der Waals surface area (Å²) >= 11 is -0.287. The second kappa shape index (κ2) is 12.2. The zero-order chi connectivity index (χ0) is 26.5. The molecule has 0 aliphatic carbocycles. The van der Waals surface area contributed by atoms with Gasteiger partial charge in [-0.05, 0) is 61.4 Å². The second-order valence-electron chi connectivity index (χ2n) is 9.14. The maximum Gasteiger partial charge on any atom is 0.341 e. The molecule has 2 aliphatic rings. The summed E-state index contributed by atoms with van der Waals surface area (Å²) in [5, 5.41) is 0.983. The fourth-order valence-electron chi connectivity index (χ4n) is 4.81. The molecule has 0 radical (unpaired) electrons. The van der Waals surface area contributed by atoms with Gasteiger partial charge < -0.3 is 24.1 Å². The summed E-state index contributed by atoms with van der Waals surface area (Å²) < 4.78 is 22.1. The van der Waals surface area contributed by atoms with E-state index in [0.29, 0.717) is 36.4 Å². The van der Waals surface area contributed by atoms with Gasteiger partial charge in [0.1, 0.15) is 12.4 Å². The molecule has 1 amide bonds. The van der Waals surface area contributed by atoms with Crippen molar-refractivity contribution < 1.29 is 23.8 Å². The number of halogens is 1. The molecule has 0 atom stereocenters. The largest absolute Gasteiger partial charge is 0.492 e. The van der Waals surface area contributed by atoms with E-state index in [9.17, 15) is 9.59 Å². The lowest BCUT2D eigenvalue weighted by atomic mass is 10.0. The number of ether oxygens (including phenoxy) is 3. The van der Waals surface area contributed by atoms with Crippen molar-refractivity contribution in [3.8, 4) is 5.75 Å². The smallest absolute Gasteiger partial charge is 0.341 e. The van der Waals surface area contributed by atoms with E-state index < -0.39 is 5.97 Å². The highest BCUT2D eigenvalue weighted by atomic mass is 127. The molecule has 38 heavy (non-hydrogen) atoms. The van der Waals surface area contributed by atoms with Crippen LogP contribution in [0.1, 0.15) is 28.5 Å². The number of carbonyl (C=O) groups is 2. The fraction of sp³-hybridized carbons (Fsp3) is 0.345. The van der Waals surface area contributed by atoms with Crippen molar-refractivity contribution in [1.29, 1.82) is 0 Å². The minimum absolute atomic E-state index is 0.151. The van der Waals surface area contributed by atoms with E-state index in [0.717, 1.165) is 55.1 Å². The molecule has 0 spiro atoms. The van der Waals surface area contributed by atoms with Gasteiger partial charge in [0.05, 0.1) is 31.1 Å². The first kappa shape index (κ1) is 26.6. The third-order valence-electron chi connectivity index (χ3n) is 6.82. The number of fused-ring (bicyclic) bond motifs is 3. The van der Waals surface area contributed by atoms with Crippen LogP contribution in [0.4, 0.5) is 0 Å². The number of nitrogens with one attached hydrogen (secondary N) is 1. The summed E-state index contributed by atoms with van der Waals surface area (Å²) in [7, 11) is 0. The molecule has 1 saturated heterocycles. The number of H-pyrrole nitrogens is 1. The molecule has 1 aromatic heterocycles. The minimum Gasteiger partial charge on any atom is -0.492 e. The number of hydrogen-bond acceptors (Lipinski definition) is 6. The average molecular weight is 629 g/mol. The van der Waals surface area contributed by atoms with Crippen LogP contribution in [0.3, 0.4) is 0 Å². The summed E-state index contributed by atoms with van der Waals surface area (Å²) in [6.07, 6.45) is 2.21. The van der Waals surface area contributed by atoms with Crippen LogP contribution in [-0.4, -0.2) is 83.8 Å². The predicted molar refractivity (Wildman–Crippen MR) is 157 cm³/mol. The molecule has 0 saturated carbocycles. The summed E-state index contributed by atoms with van der Waals surface area (Å²) in [5.74, 6) is 0.168. The first-order valence-electron chi connectivity index (χ1n) is 12.8. The Kier molecular flexibility index (Phi) is 8.55. The summed E-state index contributed by atoms with van der Waals surface area (Å²) in [6.45, 7) is 7.27. The van der Waals surface area contributed by atoms with Crippen molar-refractivity contribution in [2.24, 2.45) is 0 Å². The Balaban J connectivity index is 1.41. The second-order valence-corrected chi connectivity index (χ2v) is 11.1. The van der Waals surface area contributed by atoms with Crippen LogP contribution in [0.25, 0.3) is 16.5 Å². The number of esters is 1. The molecule has 8 nitrogen and oxygen atoms in total. The zero-order valence-electron chi connectivity index (χ0n) is 21.5. The molecule has 2 aliphatic heterocycles. The third kappa shape index (κ3) is 5.84. The number of aromatic amines is 1. The van der Waals surface area contributed by atoms with Crippen LogP contribution in [0.5, 0.6) is 5.75 Å². The molecule has 1 fully saturated rings. The van der Waals surface area contributed by atoms with Gasteiger partial charge in [0.15, 0.2) is 0 Å². The van der Waals surface area contributed by atoms with Crippen LogP contribution in [0.15, 0.2) is 48.7 Å². The Bertz CT molecular complexity index is 1360. The highest BCUT2D eigenvalue weighted by Crippen LogP contribution is 2.34. The Morgan fingerprint density at radius 2 is 1.89 bits per heavy atom. The van der Waals surface area contributed by atoms with Crippen LogP contribution < -0.4 is 4.74 Å². The van der Waals surface area contributed by atoms with Crippen LogP contribution in [0.2, 0.25) is 0 Å². The van der Waals surface area contributed by atoms with Gasteiger partial charge in [-0.15, -0.1) is 0 Å². The lowest BCUT2D eigenvalue weighted by molar-refractivity contribution is -0.136. The van der Waals surface area contributed by atoms with Crippen molar-refractivity contribution in [3.63, 3.8) is 0 Å². The van der Waals surface area contributed by atoms with Crippen LogP contribution >= 0.6 is 20.7 Å². The van der Waals surface area contributed by atoms with E-state index in [1.807, 2.05) is 42.5 Å². The summed E-state index contributed by atoms with van der Waals surface area (Å²) in [6, 6.07) is 13.5. The standard InChI is InChI=1S/C29H32IN3O5/c1-3-37-29(35)25-19-33(28(34)20-4-6-21(30-2)7-5-20)11-10-23-24-18-22(8-9-26(24)31-27(23)25)38-17-14-32-12-15-36-16-13-32/h4-9,18-19,31H,2-3,10-17H2,1H3. The molecule has 5 rings (SSSR count). The van der Waals surface area contributed by atoms with Gasteiger partial charge in [-0.1, -0.05) is 25.2 Å². The van der Waals surface area contributed by atoms with E-state index >= 15 is 0 Å². The van der Waals surface area contributed by atoms with Gasteiger partial charge in [0.2, 0.25) is 0 Å². The van der Waals surface area contributed by atoms with Gasteiger partial charge in [0.25, 0.3) is 5.91 Å². The summed E-state index contributed by atoms with van der Waals surface area (Å²) in [4.78, 5) is 33.8. The molecule has 1 N–H and O–H groups in total. The molecule has 9 heteroatoms. The maximum atomic E-state index is 13.4. The molecule has 0 bridgehead atoms. The molecule has 0 unspecified atom stereocenters. The number of rotatable bonds is 8. The van der Waals surface area contributed by atoms with Crippen molar-refractivity contribution in [1.82, 2.24) is 14.8 Å². The van der Waals surface area contributed by atoms with Gasteiger partial charge in [-0.25, -0.2) is 4.79 Å². The number of amides is 1. The average Bonchev–Trinajstić information content (AvgIpc) is 3.19. The Hall–Kier alpha value is -3.02. The van der Waals surface area contributed by atoms with Gasteiger partial charge in [0, 0.05) is 52.4 Å². The number of aromatic nitrogens is 1. The lowest BCUT2D eigenvalue weighted by Gasteiger charge is -2.26. The molecule has 3 heterocycles. The topological polar surface area (TPSA) is 84.1 Å². The SMILES string of the molecule is C=Ic1ccc(C(=O)N2C=C(C(=O)OCC)c3[nH]c4ccc(OCCN5CCOCC5)cc4c3CC2)cc1. The molecule has 200 valence electrons. The van der Waals surface area contributed by atoms with Crippen molar-refractivity contribution in [2.45, 2.75) is 13.3 Å². The number of benzene rings is 2. The number of carbonyl (C=O) groups excluding carboxylic acids is 2. The van der Waals surface area contributed by atoms with Gasteiger partial charge in [-0.3, -0.25) is 9.69 Å². The first-order valence-corrected chi connectivity index (χ1v) is 15.4. The quantitative estimate of drug-likeness (QED) is 0.299. The Morgan fingerprint density at radius 3 is 2.63 bits per heavy atom. The van der Waals surface area contributed by atoms with Gasteiger partial charge in [-0.2, -0.15) is 0 Å². The molecule has 2 aromatic carbocycles. The predicted octanol–water partition coefficient (Wildman–Crippen LogP) is 4.05. The van der Waals surface area contributed by atoms with E-state index in [2.05, 4.69) is 14.4 Å². The summed E-state index contributed by atoms with van der Waals surface area (Å²) in [5.41, 5.74) is 3.51. The Morgan fingerprint density at radius 1 is 1.11 bits per heavy atom. The molecular weight excluding hydrogens is 597 g/mol. The van der Waals surface area contributed by atoms with Gasteiger partial charge >= 0.3 is 5.97 Å². The normalized spacial score (nSPS) is 16.0. The number of hydrogen-bond donors (Lipinski definition) is 1. The first-order chi connectivity index (χ1) is 18.6.